The van der Waals surface area contributed by atoms with E-state index in [4.69, 9.17) is 0 Å². The predicted octanol–water partition coefficient (Wildman–Crippen LogP) is 3.27. The fourth-order valence-corrected chi connectivity index (χ4v) is 4.95. The molecule has 0 spiro atoms. The summed E-state index contributed by atoms with van der Waals surface area (Å²) in [5.41, 5.74) is 0.658. The summed E-state index contributed by atoms with van der Waals surface area (Å²) >= 11 is 0. The fourth-order valence-electron chi connectivity index (χ4n) is 4.95. The van der Waals surface area contributed by atoms with Gasteiger partial charge >= 0.3 is 0 Å². The molecule has 0 saturated carbocycles. The van der Waals surface area contributed by atoms with Crippen molar-refractivity contribution in [3.8, 4) is 0 Å². The number of likely N-dealkylation sites (tertiary alicyclic amines) is 2. The number of fused-ring (bicyclic) bond motifs is 1. The Labute approximate surface area is 190 Å². The van der Waals surface area contributed by atoms with Gasteiger partial charge in [-0.3, -0.25) is 14.0 Å². The average Bonchev–Trinajstić information content (AvgIpc) is 3.28. The number of hydrogen-bond acceptors (Lipinski definition) is 4. The molecule has 1 atom stereocenters. The Balaban J connectivity index is 1.21. The van der Waals surface area contributed by atoms with Gasteiger partial charge in [0.05, 0.1) is 5.56 Å². The monoisotopic (exact) mass is 453 g/mol. The summed E-state index contributed by atoms with van der Waals surface area (Å²) in [6.45, 7) is 2.07. The third kappa shape index (κ3) is 4.19. The van der Waals surface area contributed by atoms with Gasteiger partial charge in [0, 0.05) is 50.3 Å². The topological polar surface area (TPSA) is 70.8 Å². The number of carbonyl (C=O) groups excluding carboxylic acids is 2. The van der Waals surface area contributed by atoms with Crippen LogP contribution in [-0.2, 0) is 4.79 Å². The summed E-state index contributed by atoms with van der Waals surface area (Å²) in [6, 6.07) is 8.75. The lowest BCUT2D eigenvalue weighted by Crippen LogP contribution is -2.47. The zero-order chi connectivity index (χ0) is 22.9. The first kappa shape index (κ1) is 21.5. The average molecular weight is 453 g/mol. The minimum Gasteiger partial charge on any atom is -0.342 e. The molecule has 9 heteroatoms. The molecule has 0 bridgehead atoms. The minimum atomic E-state index is -0.862. The Morgan fingerprint density at radius 2 is 1.76 bits per heavy atom. The van der Waals surface area contributed by atoms with Crippen LogP contribution in [0.3, 0.4) is 0 Å². The second-order valence-electron chi connectivity index (χ2n) is 8.80. The van der Waals surface area contributed by atoms with Crippen molar-refractivity contribution in [1.29, 1.82) is 0 Å². The van der Waals surface area contributed by atoms with Gasteiger partial charge in [0.15, 0.2) is 5.65 Å². The van der Waals surface area contributed by atoms with Gasteiger partial charge < -0.3 is 9.80 Å². The molecule has 2 aliphatic heterocycles. The predicted molar refractivity (Wildman–Crippen MR) is 117 cm³/mol. The standard InChI is InChI=1S/C24H25F2N5O2/c25-18-6-7-19(20(26)14-18)24(33)29-12-8-16(9-13-29)23(32)30-10-3-4-17(15-30)22-28-27-21-5-1-2-11-31(21)22/h1-2,5-7,11,14,16-17H,3-4,8-10,12-13,15H2/t17-/m0/s1. The van der Waals surface area contributed by atoms with Crippen LogP contribution in [0, 0.1) is 17.6 Å². The summed E-state index contributed by atoms with van der Waals surface area (Å²) in [5, 5.41) is 8.61. The van der Waals surface area contributed by atoms with Gasteiger partial charge in [0.25, 0.3) is 5.91 Å². The van der Waals surface area contributed by atoms with Crippen molar-refractivity contribution in [1.82, 2.24) is 24.4 Å². The second kappa shape index (κ2) is 8.88. The Bertz CT molecular complexity index is 1190. The van der Waals surface area contributed by atoms with E-state index >= 15 is 0 Å². The molecule has 0 unspecified atom stereocenters. The molecule has 7 nitrogen and oxygen atoms in total. The summed E-state index contributed by atoms with van der Waals surface area (Å²) in [7, 11) is 0. The van der Waals surface area contributed by atoms with E-state index in [-0.39, 0.29) is 23.3 Å². The number of aromatic nitrogens is 3. The first-order valence-electron chi connectivity index (χ1n) is 11.3. The number of hydrogen-bond donors (Lipinski definition) is 0. The van der Waals surface area contributed by atoms with Gasteiger partial charge in [-0.15, -0.1) is 10.2 Å². The summed E-state index contributed by atoms with van der Waals surface area (Å²) in [4.78, 5) is 29.4. The Morgan fingerprint density at radius 3 is 2.55 bits per heavy atom. The van der Waals surface area contributed by atoms with Crippen molar-refractivity contribution in [3.63, 3.8) is 0 Å². The van der Waals surface area contributed by atoms with Gasteiger partial charge in [0.2, 0.25) is 5.91 Å². The lowest BCUT2D eigenvalue weighted by atomic mass is 9.91. The SMILES string of the molecule is O=C(c1ccc(F)cc1F)N1CCC(C(=O)N2CCC[C@H](c3nnc4ccccn34)C2)CC1. The molecule has 2 saturated heterocycles. The molecule has 0 aliphatic carbocycles. The van der Waals surface area contributed by atoms with E-state index in [0.717, 1.165) is 36.4 Å². The van der Waals surface area contributed by atoms with Crippen molar-refractivity contribution < 1.29 is 18.4 Å². The van der Waals surface area contributed by atoms with Crippen LogP contribution in [0.25, 0.3) is 5.65 Å². The van der Waals surface area contributed by atoms with Crippen LogP contribution in [-0.4, -0.2) is 62.4 Å². The number of piperidine rings is 2. The Morgan fingerprint density at radius 1 is 0.939 bits per heavy atom. The van der Waals surface area contributed by atoms with Crippen LogP contribution in [0.2, 0.25) is 0 Å². The van der Waals surface area contributed by atoms with E-state index in [1.165, 1.54) is 6.07 Å². The molecule has 5 rings (SSSR count). The van der Waals surface area contributed by atoms with Crippen LogP contribution in [0.4, 0.5) is 8.78 Å². The normalized spacial score (nSPS) is 19.8. The highest BCUT2D eigenvalue weighted by Crippen LogP contribution is 2.29. The Hall–Kier alpha value is -3.36. The van der Waals surface area contributed by atoms with Gasteiger partial charge in [-0.2, -0.15) is 0 Å². The highest BCUT2D eigenvalue weighted by molar-refractivity contribution is 5.94. The number of carbonyl (C=O) groups is 2. The van der Waals surface area contributed by atoms with Crippen LogP contribution < -0.4 is 0 Å². The lowest BCUT2D eigenvalue weighted by Gasteiger charge is -2.37. The van der Waals surface area contributed by atoms with Crippen molar-refractivity contribution in [2.45, 2.75) is 31.6 Å². The third-order valence-corrected chi connectivity index (χ3v) is 6.73. The zero-order valence-electron chi connectivity index (χ0n) is 18.2. The molecular formula is C24H25F2N5O2. The molecule has 4 heterocycles. The van der Waals surface area contributed by atoms with Crippen LogP contribution in [0.1, 0.15) is 47.8 Å². The van der Waals surface area contributed by atoms with Crippen molar-refractivity contribution in [2.24, 2.45) is 5.92 Å². The minimum absolute atomic E-state index is 0.105. The highest BCUT2D eigenvalue weighted by atomic mass is 19.1. The van der Waals surface area contributed by atoms with Crippen LogP contribution in [0.5, 0.6) is 0 Å². The number of benzene rings is 1. The number of pyridine rings is 1. The first-order chi connectivity index (χ1) is 16.0. The molecule has 172 valence electrons. The van der Waals surface area contributed by atoms with E-state index in [1.807, 2.05) is 33.7 Å². The number of halogens is 2. The maximum absolute atomic E-state index is 14.0. The van der Waals surface area contributed by atoms with Crippen LogP contribution >= 0.6 is 0 Å². The molecular weight excluding hydrogens is 428 g/mol. The largest absolute Gasteiger partial charge is 0.342 e. The van der Waals surface area contributed by atoms with Crippen molar-refractivity contribution in [3.05, 3.63) is 65.6 Å². The van der Waals surface area contributed by atoms with Crippen molar-refractivity contribution in [2.75, 3.05) is 26.2 Å². The molecule has 0 radical (unpaired) electrons. The van der Waals surface area contributed by atoms with Gasteiger partial charge in [-0.25, -0.2) is 8.78 Å². The summed E-state index contributed by atoms with van der Waals surface area (Å²) in [5.74, 6) is -1.09. The van der Waals surface area contributed by atoms with E-state index in [1.54, 1.807) is 4.90 Å². The molecule has 2 fully saturated rings. The summed E-state index contributed by atoms with van der Waals surface area (Å²) < 4.78 is 29.1. The molecule has 1 aromatic carbocycles. The van der Waals surface area contributed by atoms with E-state index < -0.39 is 17.5 Å². The highest BCUT2D eigenvalue weighted by Gasteiger charge is 2.34. The number of amides is 2. The van der Waals surface area contributed by atoms with Crippen molar-refractivity contribution >= 4 is 17.5 Å². The lowest BCUT2D eigenvalue weighted by molar-refractivity contribution is -0.138. The van der Waals surface area contributed by atoms with E-state index in [2.05, 4.69) is 10.2 Å². The fraction of sp³-hybridized carbons (Fsp3) is 0.417. The van der Waals surface area contributed by atoms with Gasteiger partial charge in [-0.05, 0) is 49.9 Å². The third-order valence-electron chi connectivity index (χ3n) is 6.73. The van der Waals surface area contributed by atoms with Crippen LogP contribution in [0.15, 0.2) is 42.6 Å². The first-order valence-corrected chi connectivity index (χ1v) is 11.3. The number of nitrogens with zero attached hydrogens (tertiary/aromatic N) is 5. The molecule has 2 amide bonds. The maximum Gasteiger partial charge on any atom is 0.256 e. The smallest absolute Gasteiger partial charge is 0.256 e. The quantitative estimate of drug-likeness (QED) is 0.610. The molecule has 0 N–H and O–H groups in total. The molecule has 2 aliphatic rings. The molecule has 3 aromatic rings. The van der Waals surface area contributed by atoms with E-state index in [9.17, 15) is 18.4 Å². The van der Waals surface area contributed by atoms with Gasteiger partial charge in [-0.1, -0.05) is 6.07 Å². The number of rotatable bonds is 3. The second-order valence-corrected chi connectivity index (χ2v) is 8.80. The molecule has 33 heavy (non-hydrogen) atoms. The van der Waals surface area contributed by atoms with Gasteiger partial charge in [0.1, 0.15) is 17.5 Å². The maximum atomic E-state index is 14.0. The Kier molecular flexibility index (Phi) is 5.78. The summed E-state index contributed by atoms with van der Waals surface area (Å²) in [6.07, 6.45) is 4.86. The molecule has 2 aromatic heterocycles. The van der Waals surface area contributed by atoms with E-state index in [0.29, 0.717) is 39.0 Å². The zero-order valence-corrected chi connectivity index (χ0v) is 18.2.